The van der Waals surface area contributed by atoms with Crippen LogP contribution in [0.1, 0.15) is 17.4 Å². The topological polar surface area (TPSA) is 84.1 Å². The fraction of sp³-hybridized carbons (Fsp3) is 0.105. The predicted octanol–water partition coefficient (Wildman–Crippen LogP) is 3.09. The third kappa shape index (κ3) is 4.11. The quantitative estimate of drug-likeness (QED) is 0.750. The Bertz CT molecular complexity index is 919. The maximum atomic E-state index is 12.4. The average Bonchev–Trinajstić information content (AvgIpc) is 2.64. The first kappa shape index (κ1) is 16.4. The lowest BCUT2D eigenvalue weighted by molar-refractivity contribution is 0.102. The number of hydrogen-bond acceptors (Lipinski definition) is 4. The van der Waals surface area contributed by atoms with Crippen molar-refractivity contribution in [3.8, 4) is 17.0 Å². The molecule has 2 N–H and O–H groups in total. The Hall–Kier alpha value is -3.41. The van der Waals surface area contributed by atoms with Crippen molar-refractivity contribution in [2.45, 2.75) is 6.92 Å². The molecule has 0 aliphatic rings. The van der Waals surface area contributed by atoms with Crippen molar-refractivity contribution in [2.75, 3.05) is 11.9 Å². The fourth-order valence-corrected chi connectivity index (χ4v) is 2.34. The van der Waals surface area contributed by atoms with Gasteiger partial charge in [-0.1, -0.05) is 30.3 Å². The molecule has 126 valence electrons. The molecule has 1 amide bonds. The van der Waals surface area contributed by atoms with E-state index in [-0.39, 0.29) is 5.69 Å². The summed E-state index contributed by atoms with van der Waals surface area (Å²) in [5, 5.41) is 2.74. The number of aromatic amines is 1. The Morgan fingerprint density at radius 1 is 1.12 bits per heavy atom. The van der Waals surface area contributed by atoms with Crippen LogP contribution in [0.2, 0.25) is 0 Å². The maximum Gasteiger partial charge on any atom is 0.346 e. The second-order valence-electron chi connectivity index (χ2n) is 5.26. The van der Waals surface area contributed by atoms with Crippen LogP contribution in [0.15, 0.2) is 65.5 Å². The number of carbonyl (C=O) groups excluding carboxylic acids is 1. The maximum absolute atomic E-state index is 12.4. The molecule has 0 unspecified atom stereocenters. The monoisotopic (exact) mass is 335 g/mol. The normalized spacial score (nSPS) is 10.3. The van der Waals surface area contributed by atoms with Crippen LogP contribution in [0.3, 0.4) is 0 Å². The Kier molecular flexibility index (Phi) is 4.89. The highest BCUT2D eigenvalue weighted by atomic mass is 16.5. The molecule has 0 aliphatic heterocycles. The predicted molar refractivity (Wildman–Crippen MR) is 95.9 cm³/mol. The van der Waals surface area contributed by atoms with Crippen molar-refractivity contribution < 1.29 is 9.53 Å². The van der Waals surface area contributed by atoms with Gasteiger partial charge >= 0.3 is 5.69 Å². The van der Waals surface area contributed by atoms with Crippen LogP contribution in [0.4, 0.5) is 5.69 Å². The highest BCUT2D eigenvalue weighted by molar-refractivity contribution is 6.03. The zero-order chi connectivity index (χ0) is 17.6. The summed E-state index contributed by atoms with van der Waals surface area (Å²) in [4.78, 5) is 30.6. The second-order valence-corrected chi connectivity index (χ2v) is 5.26. The highest BCUT2D eigenvalue weighted by Gasteiger charge is 2.11. The molecular formula is C19H17N3O3. The molecule has 0 saturated heterocycles. The molecule has 0 aliphatic carbocycles. The Labute approximate surface area is 144 Å². The molecular weight excluding hydrogens is 318 g/mol. The van der Waals surface area contributed by atoms with Crippen LogP contribution in [0.5, 0.6) is 5.75 Å². The molecule has 0 bridgehead atoms. The molecule has 25 heavy (non-hydrogen) atoms. The molecule has 3 rings (SSSR count). The number of ether oxygens (including phenoxy) is 1. The molecule has 0 atom stereocenters. The van der Waals surface area contributed by atoms with Gasteiger partial charge in [0.25, 0.3) is 5.91 Å². The van der Waals surface area contributed by atoms with Gasteiger partial charge in [-0.05, 0) is 37.3 Å². The van der Waals surface area contributed by atoms with E-state index in [0.29, 0.717) is 18.0 Å². The van der Waals surface area contributed by atoms with E-state index in [2.05, 4.69) is 15.3 Å². The summed E-state index contributed by atoms with van der Waals surface area (Å²) >= 11 is 0. The molecule has 6 heteroatoms. The van der Waals surface area contributed by atoms with Gasteiger partial charge in [-0.2, -0.15) is 4.98 Å². The van der Waals surface area contributed by atoms with E-state index < -0.39 is 11.6 Å². The number of benzene rings is 2. The molecule has 0 radical (unpaired) electrons. The smallest absolute Gasteiger partial charge is 0.346 e. The number of H-pyrrole nitrogens is 1. The summed E-state index contributed by atoms with van der Waals surface area (Å²) in [5.74, 6) is 0.310. The zero-order valence-corrected chi connectivity index (χ0v) is 13.7. The number of anilines is 1. The molecule has 2 aromatic carbocycles. The van der Waals surface area contributed by atoms with Gasteiger partial charge in [-0.15, -0.1) is 0 Å². The van der Waals surface area contributed by atoms with Gasteiger partial charge in [0.05, 0.1) is 12.3 Å². The number of nitrogens with zero attached hydrogens (tertiary/aromatic N) is 1. The van der Waals surface area contributed by atoms with Crippen molar-refractivity contribution in [1.82, 2.24) is 9.97 Å². The van der Waals surface area contributed by atoms with Gasteiger partial charge in [0.15, 0.2) is 0 Å². The Morgan fingerprint density at radius 3 is 2.52 bits per heavy atom. The lowest BCUT2D eigenvalue weighted by Crippen LogP contribution is -2.21. The van der Waals surface area contributed by atoms with Gasteiger partial charge in [-0.25, -0.2) is 4.79 Å². The van der Waals surface area contributed by atoms with E-state index in [4.69, 9.17) is 4.74 Å². The van der Waals surface area contributed by atoms with Gasteiger partial charge in [0.1, 0.15) is 11.4 Å². The number of rotatable bonds is 5. The number of aromatic nitrogens is 2. The summed E-state index contributed by atoms with van der Waals surface area (Å²) < 4.78 is 5.36. The van der Waals surface area contributed by atoms with E-state index in [0.717, 1.165) is 11.3 Å². The standard InChI is InChI=1S/C19H17N3O3/c1-2-25-15-10-8-14(9-11-15)20-18(23)17-12-16(21-19(24)22-17)13-6-4-3-5-7-13/h3-12H,2H2,1H3,(H,20,23)(H,21,22,24). The number of amides is 1. The van der Waals surface area contributed by atoms with E-state index in [9.17, 15) is 9.59 Å². The average molecular weight is 335 g/mol. The molecule has 0 fully saturated rings. The van der Waals surface area contributed by atoms with Crippen LogP contribution in [-0.2, 0) is 0 Å². The van der Waals surface area contributed by atoms with Crippen molar-refractivity contribution in [3.05, 3.63) is 76.8 Å². The number of carbonyl (C=O) groups is 1. The van der Waals surface area contributed by atoms with E-state index in [1.54, 1.807) is 30.3 Å². The minimum absolute atomic E-state index is 0.146. The Balaban J connectivity index is 1.82. The van der Waals surface area contributed by atoms with Crippen molar-refractivity contribution in [1.29, 1.82) is 0 Å². The van der Waals surface area contributed by atoms with Crippen LogP contribution in [-0.4, -0.2) is 22.5 Å². The zero-order valence-electron chi connectivity index (χ0n) is 13.7. The minimum atomic E-state index is -0.571. The fourth-order valence-electron chi connectivity index (χ4n) is 2.34. The molecule has 6 nitrogen and oxygen atoms in total. The first-order chi connectivity index (χ1) is 12.2. The van der Waals surface area contributed by atoms with Crippen LogP contribution >= 0.6 is 0 Å². The number of hydrogen-bond donors (Lipinski definition) is 2. The first-order valence-electron chi connectivity index (χ1n) is 7.86. The Morgan fingerprint density at radius 2 is 1.84 bits per heavy atom. The van der Waals surface area contributed by atoms with Gasteiger partial charge < -0.3 is 15.0 Å². The van der Waals surface area contributed by atoms with Crippen molar-refractivity contribution in [2.24, 2.45) is 0 Å². The van der Waals surface area contributed by atoms with E-state index >= 15 is 0 Å². The highest BCUT2D eigenvalue weighted by Crippen LogP contribution is 2.18. The molecule has 0 saturated carbocycles. The summed E-state index contributed by atoms with van der Waals surface area (Å²) in [6.45, 7) is 2.48. The van der Waals surface area contributed by atoms with Gasteiger partial charge in [0.2, 0.25) is 0 Å². The van der Waals surface area contributed by atoms with Crippen LogP contribution < -0.4 is 15.7 Å². The van der Waals surface area contributed by atoms with E-state index in [1.807, 2.05) is 37.3 Å². The van der Waals surface area contributed by atoms with Crippen molar-refractivity contribution in [3.63, 3.8) is 0 Å². The molecule has 1 heterocycles. The summed E-state index contributed by atoms with van der Waals surface area (Å²) in [6.07, 6.45) is 0. The first-order valence-corrected chi connectivity index (χ1v) is 7.86. The number of nitrogens with one attached hydrogen (secondary N) is 2. The lowest BCUT2D eigenvalue weighted by Gasteiger charge is -2.08. The third-order valence-corrected chi connectivity index (χ3v) is 3.48. The van der Waals surface area contributed by atoms with E-state index in [1.165, 1.54) is 0 Å². The van der Waals surface area contributed by atoms with Gasteiger partial charge in [-0.3, -0.25) is 4.79 Å². The van der Waals surface area contributed by atoms with Gasteiger partial charge in [0, 0.05) is 11.3 Å². The molecule has 0 spiro atoms. The summed E-state index contributed by atoms with van der Waals surface area (Å²) in [7, 11) is 0. The molecule has 3 aromatic rings. The third-order valence-electron chi connectivity index (χ3n) is 3.48. The van der Waals surface area contributed by atoms with Crippen LogP contribution in [0, 0.1) is 0 Å². The van der Waals surface area contributed by atoms with Crippen molar-refractivity contribution >= 4 is 11.6 Å². The van der Waals surface area contributed by atoms with Crippen LogP contribution in [0.25, 0.3) is 11.3 Å². The lowest BCUT2D eigenvalue weighted by atomic mass is 10.1. The minimum Gasteiger partial charge on any atom is -0.494 e. The SMILES string of the molecule is CCOc1ccc(NC(=O)c2cc(-c3ccccc3)nc(=O)[nH]2)cc1. The largest absolute Gasteiger partial charge is 0.494 e. The summed E-state index contributed by atoms with van der Waals surface area (Å²) in [5.41, 5.74) is 1.39. The second kappa shape index (κ2) is 7.44. The summed E-state index contributed by atoms with van der Waals surface area (Å²) in [6, 6.07) is 17.8. The molecule has 1 aromatic heterocycles.